The summed E-state index contributed by atoms with van der Waals surface area (Å²) in [6.45, 7) is 5.62. The summed E-state index contributed by atoms with van der Waals surface area (Å²) in [5, 5.41) is 3.27. The molecule has 0 aliphatic heterocycles. The molecule has 1 saturated carbocycles. The monoisotopic (exact) mass is 281 g/mol. The first kappa shape index (κ1) is 15.4. The van der Waals surface area contributed by atoms with Crippen molar-refractivity contribution in [1.82, 2.24) is 5.32 Å². The van der Waals surface area contributed by atoms with Crippen molar-refractivity contribution in [2.45, 2.75) is 39.5 Å². The molecule has 1 aliphatic rings. The number of halogens is 2. The minimum Gasteiger partial charge on any atom is -0.319 e. The third-order valence-electron chi connectivity index (χ3n) is 4.62. The molecule has 1 aromatic rings. The summed E-state index contributed by atoms with van der Waals surface area (Å²) >= 11 is 0. The first-order chi connectivity index (χ1) is 9.41. The highest BCUT2D eigenvalue weighted by Crippen LogP contribution is 2.43. The first-order valence-corrected chi connectivity index (χ1v) is 7.50. The lowest BCUT2D eigenvalue weighted by atomic mass is 9.65. The summed E-state index contributed by atoms with van der Waals surface area (Å²) in [7, 11) is 1.98. The molecule has 2 rings (SSSR count). The maximum atomic E-state index is 13.3. The molecule has 1 aliphatic carbocycles. The van der Waals surface area contributed by atoms with Gasteiger partial charge in [-0.25, -0.2) is 8.78 Å². The second kappa shape index (κ2) is 6.21. The van der Waals surface area contributed by atoms with Gasteiger partial charge in [0.05, 0.1) is 0 Å². The molecular formula is C17H25F2N. The predicted octanol–water partition coefficient (Wildman–Crippen LogP) is 4.17. The van der Waals surface area contributed by atoms with Crippen LogP contribution in [0.15, 0.2) is 18.2 Å². The van der Waals surface area contributed by atoms with Gasteiger partial charge in [-0.3, -0.25) is 0 Å². The van der Waals surface area contributed by atoms with Crippen molar-refractivity contribution in [2.75, 3.05) is 13.6 Å². The van der Waals surface area contributed by atoms with Gasteiger partial charge in [-0.2, -0.15) is 0 Å². The lowest BCUT2D eigenvalue weighted by molar-refractivity contribution is 0.117. The van der Waals surface area contributed by atoms with E-state index in [9.17, 15) is 8.78 Å². The van der Waals surface area contributed by atoms with E-state index in [2.05, 4.69) is 19.2 Å². The predicted molar refractivity (Wildman–Crippen MR) is 78.6 cm³/mol. The highest BCUT2D eigenvalue weighted by Gasteiger charge is 2.34. The van der Waals surface area contributed by atoms with E-state index in [1.807, 2.05) is 7.05 Å². The van der Waals surface area contributed by atoms with Crippen LogP contribution in [-0.2, 0) is 6.42 Å². The van der Waals surface area contributed by atoms with Gasteiger partial charge in [0.2, 0.25) is 0 Å². The Hall–Kier alpha value is -0.960. The Bertz CT molecular complexity index is 456. The van der Waals surface area contributed by atoms with Gasteiger partial charge in [-0.1, -0.05) is 19.9 Å². The van der Waals surface area contributed by atoms with Crippen molar-refractivity contribution >= 4 is 0 Å². The van der Waals surface area contributed by atoms with Crippen molar-refractivity contribution in [1.29, 1.82) is 0 Å². The summed E-state index contributed by atoms with van der Waals surface area (Å²) in [5.74, 6) is -0.329. The second-order valence-corrected chi connectivity index (χ2v) is 6.94. The van der Waals surface area contributed by atoms with Gasteiger partial charge >= 0.3 is 0 Å². The molecule has 0 bridgehead atoms. The SMILES string of the molecule is CNCC1CCC(C)(C)CC1Cc1ccc(F)c(F)c1. The van der Waals surface area contributed by atoms with Gasteiger partial charge in [0.1, 0.15) is 0 Å². The zero-order valence-electron chi connectivity index (χ0n) is 12.7. The van der Waals surface area contributed by atoms with E-state index in [-0.39, 0.29) is 0 Å². The van der Waals surface area contributed by atoms with Crippen LogP contribution in [0.2, 0.25) is 0 Å². The van der Waals surface area contributed by atoms with E-state index in [1.165, 1.54) is 25.0 Å². The standard InChI is InChI=1S/C17H25F2N/c1-17(2)7-6-13(11-20-3)14(10-17)8-12-4-5-15(18)16(19)9-12/h4-5,9,13-14,20H,6-8,10-11H2,1-3H3. The molecule has 1 nitrogen and oxygen atoms in total. The summed E-state index contributed by atoms with van der Waals surface area (Å²) in [6, 6.07) is 4.32. The van der Waals surface area contributed by atoms with Gasteiger partial charge in [0.15, 0.2) is 11.6 Å². The lowest BCUT2D eigenvalue weighted by Gasteiger charge is -2.41. The number of nitrogens with one attached hydrogen (secondary N) is 1. The third-order valence-corrected chi connectivity index (χ3v) is 4.62. The Kier molecular flexibility index (Phi) is 4.79. The molecular weight excluding hydrogens is 256 g/mol. The average Bonchev–Trinajstić information content (AvgIpc) is 2.37. The molecule has 0 saturated heterocycles. The Labute approximate surface area is 120 Å². The Morgan fingerprint density at radius 1 is 1.20 bits per heavy atom. The van der Waals surface area contributed by atoms with Crippen LogP contribution in [0.5, 0.6) is 0 Å². The van der Waals surface area contributed by atoms with Gasteiger partial charge in [-0.15, -0.1) is 0 Å². The minimum absolute atomic E-state index is 0.355. The minimum atomic E-state index is -0.760. The highest BCUT2D eigenvalue weighted by atomic mass is 19.2. The number of benzene rings is 1. The van der Waals surface area contributed by atoms with Crippen LogP contribution in [0.1, 0.15) is 38.7 Å². The summed E-state index contributed by atoms with van der Waals surface area (Å²) in [4.78, 5) is 0. The molecule has 1 N–H and O–H groups in total. The zero-order chi connectivity index (χ0) is 14.8. The maximum absolute atomic E-state index is 13.3. The van der Waals surface area contributed by atoms with Crippen molar-refractivity contribution in [2.24, 2.45) is 17.3 Å². The zero-order valence-corrected chi connectivity index (χ0v) is 12.7. The van der Waals surface area contributed by atoms with Gasteiger partial charge in [-0.05, 0) is 74.2 Å². The molecule has 1 aromatic carbocycles. The number of rotatable bonds is 4. The molecule has 2 unspecified atom stereocenters. The van der Waals surface area contributed by atoms with E-state index in [0.717, 1.165) is 24.9 Å². The smallest absolute Gasteiger partial charge is 0.159 e. The largest absolute Gasteiger partial charge is 0.319 e. The number of hydrogen-bond acceptors (Lipinski definition) is 1. The summed E-state index contributed by atoms with van der Waals surface area (Å²) in [6.07, 6.45) is 4.45. The maximum Gasteiger partial charge on any atom is 0.159 e. The van der Waals surface area contributed by atoms with Gasteiger partial charge in [0.25, 0.3) is 0 Å². The normalized spacial score (nSPS) is 25.6. The van der Waals surface area contributed by atoms with Crippen molar-refractivity contribution in [3.63, 3.8) is 0 Å². The van der Waals surface area contributed by atoms with Crippen LogP contribution < -0.4 is 5.32 Å². The summed E-state index contributed by atoms with van der Waals surface area (Å²) < 4.78 is 26.4. The molecule has 0 spiro atoms. The molecule has 20 heavy (non-hydrogen) atoms. The first-order valence-electron chi connectivity index (χ1n) is 7.50. The van der Waals surface area contributed by atoms with E-state index in [4.69, 9.17) is 0 Å². The van der Waals surface area contributed by atoms with Gasteiger partial charge in [0, 0.05) is 0 Å². The van der Waals surface area contributed by atoms with Crippen LogP contribution in [0.4, 0.5) is 8.78 Å². The Morgan fingerprint density at radius 2 is 1.95 bits per heavy atom. The van der Waals surface area contributed by atoms with E-state index in [0.29, 0.717) is 17.3 Å². The molecule has 2 atom stereocenters. The van der Waals surface area contributed by atoms with Crippen molar-refractivity contribution < 1.29 is 8.78 Å². The topological polar surface area (TPSA) is 12.0 Å². The molecule has 0 heterocycles. The van der Waals surface area contributed by atoms with Crippen LogP contribution in [0.3, 0.4) is 0 Å². The van der Waals surface area contributed by atoms with E-state index >= 15 is 0 Å². The molecule has 112 valence electrons. The van der Waals surface area contributed by atoms with E-state index < -0.39 is 11.6 Å². The number of hydrogen-bond donors (Lipinski definition) is 1. The fourth-order valence-corrected chi connectivity index (χ4v) is 3.53. The van der Waals surface area contributed by atoms with Crippen LogP contribution >= 0.6 is 0 Å². The van der Waals surface area contributed by atoms with E-state index in [1.54, 1.807) is 6.07 Å². The molecule has 0 aromatic heterocycles. The second-order valence-electron chi connectivity index (χ2n) is 6.94. The average molecular weight is 281 g/mol. The summed E-state index contributed by atoms with van der Waals surface area (Å²) in [5.41, 5.74) is 1.26. The third kappa shape index (κ3) is 3.78. The van der Waals surface area contributed by atoms with Crippen molar-refractivity contribution in [3.05, 3.63) is 35.4 Å². The van der Waals surface area contributed by atoms with Crippen LogP contribution in [-0.4, -0.2) is 13.6 Å². The quantitative estimate of drug-likeness (QED) is 0.873. The molecule has 3 heteroatoms. The lowest BCUT2D eigenvalue weighted by Crippen LogP contribution is -2.36. The van der Waals surface area contributed by atoms with Crippen LogP contribution in [0, 0.1) is 28.9 Å². The Morgan fingerprint density at radius 3 is 2.60 bits per heavy atom. The van der Waals surface area contributed by atoms with Gasteiger partial charge < -0.3 is 5.32 Å². The fourth-order valence-electron chi connectivity index (χ4n) is 3.53. The molecule has 1 fully saturated rings. The molecule has 0 radical (unpaired) electrons. The van der Waals surface area contributed by atoms with Crippen molar-refractivity contribution in [3.8, 4) is 0 Å². The molecule has 0 amide bonds. The highest BCUT2D eigenvalue weighted by molar-refractivity contribution is 5.18. The Balaban J connectivity index is 2.11. The fraction of sp³-hybridized carbons (Fsp3) is 0.647. The van der Waals surface area contributed by atoms with Crippen LogP contribution in [0.25, 0.3) is 0 Å².